The van der Waals surface area contributed by atoms with E-state index in [9.17, 15) is 4.79 Å². The smallest absolute Gasteiger partial charge is 0.224 e. The first kappa shape index (κ1) is 25.1. The van der Waals surface area contributed by atoms with Crippen molar-refractivity contribution in [3.63, 3.8) is 0 Å². The van der Waals surface area contributed by atoms with E-state index in [0.29, 0.717) is 35.9 Å². The standard InChI is InChI=1S/C22H33N3O3.2ClH/c1-27-20-7-6-15(9-21(20)28-2)10-22(26)24-14-19-17-11-16(12-23-13-17)18-5-3-4-8-25(18)19;;/h6-7,9,16-19,23H,3-5,8,10-14H2,1-2H3,(H,24,26);2*1H/t16-,17+,18+,19+;;/m1../s1. The molecule has 4 atom stereocenters. The lowest BCUT2D eigenvalue weighted by Crippen LogP contribution is -2.65. The van der Waals surface area contributed by atoms with Crippen LogP contribution in [0, 0.1) is 11.8 Å². The molecule has 0 unspecified atom stereocenters. The third kappa shape index (κ3) is 5.34. The molecule has 0 saturated carbocycles. The summed E-state index contributed by atoms with van der Waals surface area (Å²) < 4.78 is 10.6. The Kier molecular flexibility index (Phi) is 9.54. The Labute approximate surface area is 192 Å². The second kappa shape index (κ2) is 11.4. The monoisotopic (exact) mass is 459 g/mol. The highest BCUT2D eigenvalue weighted by Crippen LogP contribution is 2.38. The number of amides is 1. The maximum Gasteiger partial charge on any atom is 0.224 e. The number of methoxy groups -OCH3 is 2. The fourth-order valence-electron chi connectivity index (χ4n) is 5.51. The van der Waals surface area contributed by atoms with Crippen LogP contribution in [0.3, 0.4) is 0 Å². The Morgan fingerprint density at radius 3 is 2.67 bits per heavy atom. The molecule has 3 aliphatic rings. The minimum absolute atomic E-state index is 0. The molecule has 2 N–H and O–H groups in total. The van der Waals surface area contributed by atoms with E-state index < -0.39 is 0 Å². The van der Waals surface area contributed by atoms with E-state index in [-0.39, 0.29) is 30.7 Å². The number of nitrogens with one attached hydrogen (secondary N) is 2. The van der Waals surface area contributed by atoms with Crippen molar-refractivity contribution in [1.29, 1.82) is 0 Å². The molecule has 2 bridgehead atoms. The number of carbonyl (C=O) groups is 1. The number of halogens is 2. The van der Waals surface area contributed by atoms with Gasteiger partial charge in [0.2, 0.25) is 5.91 Å². The molecule has 0 spiro atoms. The summed E-state index contributed by atoms with van der Waals surface area (Å²) in [6, 6.07) is 6.83. The Bertz CT molecular complexity index is 706. The van der Waals surface area contributed by atoms with Gasteiger partial charge in [0.15, 0.2) is 11.5 Å². The topological polar surface area (TPSA) is 62.8 Å². The van der Waals surface area contributed by atoms with Gasteiger partial charge in [0.05, 0.1) is 20.6 Å². The highest BCUT2D eigenvalue weighted by Gasteiger charge is 2.45. The molecular weight excluding hydrogens is 425 g/mol. The highest BCUT2D eigenvalue weighted by molar-refractivity contribution is 5.85. The Morgan fingerprint density at radius 1 is 1.13 bits per heavy atom. The molecule has 1 aromatic carbocycles. The molecule has 3 fully saturated rings. The molecule has 0 aromatic heterocycles. The fraction of sp³-hybridized carbons (Fsp3) is 0.682. The van der Waals surface area contributed by atoms with Crippen LogP contribution in [0.1, 0.15) is 31.2 Å². The maximum absolute atomic E-state index is 12.6. The number of benzene rings is 1. The number of hydrogen-bond acceptors (Lipinski definition) is 5. The number of nitrogens with zero attached hydrogens (tertiary/aromatic N) is 1. The zero-order chi connectivity index (χ0) is 19.5. The van der Waals surface area contributed by atoms with Gasteiger partial charge in [-0.25, -0.2) is 0 Å². The van der Waals surface area contributed by atoms with E-state index in [2.05, 4.69) is 15.5 Å². The SMILES string of the molecule is COc1ccc(CC(=O)NC[C@H]2[C@@H]3CNC[C@@H](C3)[C@@H]3CCCCN32)cc1OC.Cl.Cl. The summed E-state index contributed by atoms with van der Waals surface area (Å²) >= 11 is 0. The summed E-state index contributed by atoms with van der Waals surface area (Å²) in [5.41, 5.74) is 0.939. The van der Waals surface area contributed by atoms with E-state index in [1.807, 2.05) is 18.2 Å². The molecule has 30 heavy (non-hydrogen) atoms. The van der Waals surface area contributed by atoms with Gasteiger partial charge >= 0.3 is 0 Å². The van der Waals surface area contributed by atoms with Crippen molar-refractivity contribution in [2.45, 2.75) is 44.2 Å². The van der Waals surface area contributed by atoms with Gasteiger partial charge in [-0.3, -0.25) is 9.69 Å². The second-order valence-corrected chi connectivity index (χ2v) is 8.45. The van der Waals surface area contributed by atoms with Crippen LogP contribution in [0.15, 0.2) is 18.2 Å². The number of fused-ring (bicyclic) bond motifs is 4. The summed E-state index contributed by atoms with van der Waals surface area (Å²) in [7, 11) is 3.23. The van der Waals surface area contributed by atoms with Gasteiger partial charge in [0.25, 0.3) is 0 Å². The summed E-state index contributed by atoms with van der Waals surface area (Å²) in [4.78, 5) is 15.3. The van der Waals surface area contributed by atoms with Crippen molar-refractivity contribution in [2.24, 2.45) is 11.8 Å². The molecule has 170 valence electrons. The predicted molar refractivity (Wildman–Crippen MR) is 123 cm³/mol. The van der Waals surface area contributed by atoms with Crippen LogP contribution >= 0.6 is 24.8 Å². The van der Waals surface area contributed by atoms with Crippen LogP contribution in [0.4, 0.5) is 0 Å². The van der Waals surface area contributed by atoms with Gasteiger partial charge in [-0.2, -0.15) is 0 Å². The van der Waals surface area contributed by atoms with Crippen LogP contribution in [-0.2, 0) is 11.2 Å². The number of ether oxygens (including phenoxy) is 2. The molecule has 1 aromatic rings. The van der Waals surface area contributed by atoms with E-state index >= 15 is 0 Å². The molecule has 0 aliphatic carbocycles. The van der Waals surface area contributed by atoms with Gasteiger partial charge in [-0.15, -0.1) is 24.8 Å². The quantitative estimate of drug-likeness (QED) is 0.684. The molecule has 0 radical (unpaired) electrons. The average molecular weight is 460 g/mol. The third-order valence-corrected chi connectivity index (χ3v) is 6.85. The van der Waals surface area contributed by atoms with Gasteiger partial charge in [0, 0.05) is 18.6 Å². The minimum Gasteiger partial charge on any atom is -0.493 e. The lowest BCUT2D eigenvalue weighted by atomic mass is 9.73. The van der Waals surface area contributed by atoms with E-state index in [1.165, 1.54) is 32.2 Å². The van der Waals surface area contributed by atoms with Gasteiger partial charge in [-0.1, -0.05) is 12.5 Å². The fourth-order valence-corrected chi connectivity index (χ4v) is 5.51. The van der Waals surface area contributed by atoms with Crippen LogP contribution in [0.2, 0.25) is 0 Å². The van der Waals surface area contributed by atoms with Crippen molar-refractivity contribution < 1.29 is 14.3 Å². The molecule has 3 aliphatic heterocycles. The third-order valence-electron chi connectivity index (χ3n) is 6.85. The number of piperidine rings is 3. The zero-order valence-electron chi connectivity index (χ0n) is 17.9. The van der Waals surface area contributed by atoms with Crippen LogP contribution in [0.25, 0.3) is 0 Å². The summed E-state index contributed by atoms with van der Waals surface area (Å²) in [6.07, 6.45) is 5.63. The van der Waals surface area contributed by atoms with Crippen LogP contribution in [-0.4, -0.2) is 63.3 Å². The number of rotatable bonds is 6. The molecule has 8 heteroatoms. The maximum atomic E-state index is 12.6. The molecule has 3 heterocycles. The first-order valence-corrected chi connectivity index (χ1v) is 10.6. The van der Waals surface area contributed by atoms with Crippen LogP contribution < -0.4 is 20.1 Å². The molecule has 4 rings (SSSR count). The molecule has 1 amide bonds. The average Bonchev–Trinajstić information content (AvgIpc) is 2.74. The minimum atomic E-state index is 0. The van der Waals surface area contributed by atoms with Crippen molar-refractivity contribution in [2.75, 3.05) is 40.4 Å². The lowest BCUT2D eigenvalue weighted by molar-refractivity contribution is -0.121. The first-order chi connectivity index (χ1) is 13.7. The van der Waals surface area contributed by atoms with E-state index in [0.717, 1.165) is 31.1 Å². The molecule has 6 nitrogen and oxygen atoms in total. The van der Waals surface area contributed by atoms with E-state index in [1.54, 1.807) is 14.2 Å². The van der Waals surface area contributed by atoms with Gasteiger partial charge in [-0.05, 0) is 68.4 Å². The Balaban J connectivity index is 0.00000160. The summed E-state index contributed by atoms with van der Waals surface area (Å²) in [6.45, 7) is 4.18. The van der Waals surface area contributed by atoms with Crippen molar-refractivity contribution in [3.8, 4) is 11.5 Å². The zero-order valence-corrected chi connectivity index (χ0v) is 19.5. The normalized spacial score (nSPS) is 27.7. The second-order valence-electron chi connectivity index (χ2n) is 8.45. The Hall–Kier alpha value is -1.21. The van der Waals surface area contributed by atoms with E-state index in [4.69, 9.17) is 9.47 Å². The largest absolute Gasteiger partial charge is 0.493 e. The Morgan fingerprint density at radius 2 is 1.90 bits per heavy atom. The lowest BCUT2D eigenvalue weighted by Gasteiger charge is -2.55. The molecular formula is C22H35Cl2N3O3. The summed E-state index contributed by atoms with van der Waals surface area (Å²) in [5.74, 6) is 2.86. The van der Waals surface area contributed by atoms with Crippen molar-refractivity contribution in [3.05, 3.63) is 23.8 Å². The van der Waals surface area contributed by atoms with Gasteiger partial charge < -0.3 is 20.1 Å². The molecule has 3 saturated heterocycles. The van der Waals surface area contributed by atoms with Crippen LogP contribution in [0.5, 0.6) is 11.5 Å². The van der Waals surface area contributed by atoms with Crippen molar-refractivity contribution in [1.82, 2.24) is 15.5 Å². The van der Waals surface area contributed by atoms with Gasteiger partial charge in [0.1, 0.15) is 0 Å². The summed E-state index contributed by atoms with van der Waals surface area (Å²) in [5, 5.41) is 6.86. The number of carbonyl (C=O) groups excluding carboxylic acids is 1. The van der Waals surface area contributed by atoms with Crippen molar-refractivity contribution >= 4 is 30.7 Å². The predicted octanol–water partition coefficient (Wildman–Crippen LogP) is 2.67. The number of hydrogen-bond donors (Lipinski definition) is 2. The highest BCUT2D eigenvalue weighted by atomic mass is 35.5. The first-order valence-electron chi connectivity index (χ1n) is 10.6.